The van der Waals surface area contributed by atoms with E-state index < -0.39 is 0 Å². The molecule has 51 heavy (non-hydrogen) atoms. The Morgan fingerprint density at radius 3 is 1.29 bits per heavy atom. The van der Waals surface area contributed by atoms with Gasteiger partial charge in [0.25, 0.3) is 0 Å². The monoisotopic (exact) mass is 648 g/mol. The van der Waals surface area contributed by atoms with Crippen molar-refractivity contribution in [3.05, 3.63) is 170 Å². The van der Waals surface area contributed by atoms with Gasteiger partial charge in [0.2, 0.25) is 0 Å². The second-order valence-electron chi connectivity index (χ2n) is 13.7. The first-order valence-electron chi connectivity index (χ1n) is 17.5. The minimum absolute atomic E-state index is 0.894. The van der Waals surface area contributed by atoms with E-state index in [0.29, 0.717) is 0 Å². The highest BCUT2D eigenvalue weighted by Crippen LogP contribution is 2.42. The second-order valence-corrected chi connectivity index (χ2v) is 13.7. The first-order chi connectivity index (χ1) is 25.3. The van der Waals surface area contributed by atoms with Gasteiger partial charge in [-0.25, -0.2) is 0 Å². The Morgan fingerprint density at radius 2 is 0.686 bits per heavy atom. The fourth-order valence-corrected chi connectivity index (χ4v) is 8.88. The van der Waals surface area contributed by atoms with Crippen LogP contribution in [0.25, 0.3) is 109 Å². The minimum atomic E-state index is 0.894. The maximum atomic E-state index is 6.38. The second kappa shape index (κ2) is 9.87. The van der Waals surface area contributed by atoms with E-state index >= 15 is 0 Å². The van der Waals surface area contributed by atoms with Crippen LogP contribution in [0.5, 0.6) is 0 Å². The third kappa shape index (κ3) is 3.62. The predicted octanol–water partition coefficient (Wildman–Crippen LogP) is 13.2. The highest BCUT2D eigenvalue weighted by molar-refractivity contribution is 6.26. The third-order valence-electron chi connectivity index (χ3n) is 11.1. The molecule has 0 N–H and O–H groups in total. The number of furan rings is 1. The molecule has 0 radical (unpaired) electrons. The van der Waals surface area contributed by atoms with E-state index in [1.807, 2.05) is 12.1 Å². The van der Waals surface area contributed by atoms with Crippen LogP contribution in [0.15, 0.2) is 174 Å². The Kier molecular flexibility index (Phi) is 5.23. The SMILES string of the molecule is c1ccc2c(c1)oc1cc(-n3c4ccccc4c4cc5c6ccccc6n(-c6ccc7c8ccccc8c8ccccc8c7c6)c5cc43)ccc12. The molecule has 12 aromatic rings. The first kappa shape index (κ1) is 27.0. The minimum Gasteiger partial charge on any atom is -0.456 e. The van der Waals surface area contributed by atoms with Gasteiger partial charge in [-0.3, -0.25) is 0 Å². The average Bonchev–Trinajstić information content (AvgIpc) is 3.84. The lowest BCUT2D eigenvalue weighted by molar-refractivity contribution is 0.668. The average molecular weight is 649 g/mol. The number of nitrogens with zero attached hydrogens (tertiary/aromatic N) is 2. The molecule has 12 rings (SSSR count). The smallest absolute Gasteiger partial charge is 0.137 e. The summed E-state index contributed by atoms with van der Waals surface area (Å²) >= 11 is 0. The van der Waals surface area contributed by atoms with E-state index in [9.17, 15) is 0 Å². The van der Waals surface area contributed by atoms with Crippen molar-refractivity contribution in [1.29, 1.82) is 0 Å². The molecule has 3 heterocycles. The van der Waals surface area contributed by atoms with Crippen LogP contribution < -0.4 is 0 Å². The van der Waals surface area contributed by atoms with Gasteiger partial charge in [0.15, 0.2) is 0 Å². The van der Waals surface area contributed by atoms with E-state index in [1.165, 1.54) is 75.9 Å². The van der Waals surface area contributed by atoms with Crippen LogP contribution in [0.2, 0.25) is 0 Å². The van der Waals surface area contributed by atoms with Crippen molar-refractivity contribution in [1.82, 2.24) is 9.13 Å². The van der Waals surface area contributed by atoms with Crippen molar-refractivity contribution in [2.24, 2.45) is 0 Å². The molecule has 0 bridgehead atoms. The number of para-hydroxylation sites is 3. The normalized spacial score (nSPS) is 12.3. The number of hydrogen-bond acceptors (Lipinski definition) is 1. The molecule has 0 amide bonds. The van der Waals surface area contributed by atoms with Crippen molar-refractivity contribution in [3.8, 4) is 11.4 Å². The molecule has 0 atom stereocenters. The molecule has 0 aliphatic rings. The van der Waals surface area contributed by atoms with Gasteiger partial charge in [-0.1, -0.05) is 109 Å². The van der Waals surface area contributed by atoms with E-state index in [-0.39, 0.29) is 0 Å². The van der Waals surface area contributed by atoms with Gasteiger partial charge in [0.1, 0.15) is 11.2 Å². The Labute approximate surface area is 291 Å². The molecule has 0 aliphatic heterocycles. The van der Waals surface area contributed by atoms with Gasteiger partial charge in [0.05, 0.1) is 22.1 Å². The molecule has 0 saturated heterocycles. The van der Waals surface area contributed by atoms with Gasteiger partial charge in [-0.05, 0) is 86.9 Å². The summed E-state index contributed by atoms with van der Waals surface area (Å²) in [5.41, 5.74) is 8.76. The van der Waals surface area contributed by atoms with Crippen molar-refractivity contribution >= 4 is 97.9 Å². The summed E-state index contributed by atoms with van der Waals surface area (Å²) in [6.45, 7) is 0. The molecule has 3 heteroatoms. The summed E-state index contributed by atoms with van der Waals surface area (Å²) in [5.74, 6) is 0. The summed E-state index contributed by atoms with van der Waals surface area (Å²) in [7, 11) is 0. The lowest BCUT2D eigenvalue weighted by Crippen LogP contribution is -1.96. The zero-order valence-electron chi connectivity index (χ0n) is 27.5. The van der Waals surface area contributed by atoms with Crippen LogP contribution in [0.3, 0.4) is 0 Å². The molecule has 3 nitrogen and oxygen atoms in total. The first-order valence-corrected chi connectivity index (χ1v) is 17.5. The fraction of sp³-hybridized carbons (Fsp3) is 0. The van der Waals surface area contributed by atoms with Gasteiger partial charge in [-0.2, -0.15) is 0 Å². The summed E-state index contributed by atoms with van der Waals surface area (Å²) in [4.78, 5) is 0. The Morgan fingerprint density at radius 1 is 0.255 bits per heavy atom. The molecular weight excluding hydrogens is 621 g/mol. The number of rotatable bonds is 2. The van der Waals surface area contributed by atoms with Gasteiger partial charge in [0, 0.05) is 49.8 Å². The van der Waals surface area contributed by atoms with Gasteiger partial charge >= 0.3 is 0 Å². The van der Waals surface area contributed by atoms with E-state index in [1.54, 1.807) is 0 Å². The Bertz CT molecular complexity index is 3390. The van der Waals surface area contributed by atoms with Crippen LogP contribution in [0, 0.1) is 0 Å². The zero-order chi connectivity index (χ0) is 33.2. The Balaban J connectivity index is 1.18. The predicted molar refractivity (Wildman–Crippen MR) is 215 cm³/mol. The van der Waals surface area contributed by atoms with E-state index in [0.717, 1.165) is 33.3 Å². The highest BCUT2D eigenvalue weighted by atomic mass is 16.3. The van der Waals surface area contributed by atoms with E-state index in [2.05, 4.69) is 167 Å². The topological polar surface area (TPSA) is 23.0 Å². The molecule has 0 unspecified atom stereocenters. The van der Waals surface area contributed by atoms with Crippen molar-refractivity contribution in [3.63, 3.8) is 0 Å². The summed E-state index contributed by atoms with van der Waals surface area (Å²) in [5, 5.41) is 14.9. The molecule has 0 saturated carbocycles. The van der Waals surface area contributed by atoms with Crippen LogP contribution in [-0.2, 0) is 0 Å². The summed E-state index contributed by atoms with van der Waals surface area (Å²) in [6.07, 6.45) is 0. The Hall–Kier alpha value is -6.84. The maximum Gasteiger partial charge on any atom is 0.137 e. The van der Waals surface area contributed by atoms with E-state index in [4.69, 9.17) is 4.42 Å². The zero-order valence-corrected chi connectivity index (χ0v) is 27.5. The standard InChI is InChI=1S/C48H28N2O/c1-2-13-33-31(11-1)32-12-3-4-14-34(32)40-25-29(21-23-35(33)40)49-43-18-8-5-15-36(43)41-27-42-37-16-6-9-19-44(37)50(46(42)28-45(41)49)30-22-24-39-38-17-7-10-20-47(38)51-48(39)26-30/h1-28H. The summed E-state index contributed by atoms with van der Waals surface area (Å²) < 4.78 is 11.2. The molecule has 0 spiro atoms. The number of fused-ring (bicyclic) bond motifs is 15. The molecule has 236 valence electrons. The lowest BCUT2D eigenvalue weighted by Gasteiger charge is -2.14. The molecule has 3 aromatic heterocycles. The van der Waals surface area contributed by atoms with Crippen LogP contribution in [0.1, 0.15) is 0 Å². The van der Waals surface area contributed by atoms with Crippen molar-refractivity contribution < 1.29 is 4.42 Å². The quantitative estimate of drug-likeness (QED) is 0.171. The molecule has 9 aromatic carbocycles. The van der Waals surface area contributed by atoms with Crippen LogP contribution in [0.4, 0.5) is 0 Å². The van der Waals surface area contributed by atoms with Crippen molar-refractivity contribution in [2.75, 3.05) is 0 Å². The fourth-order valence-electron chi connectivity index (χ4n) is 8.88. The molecular formula is C48H28N2O. The van der Waals surface area contributed by atoms with Gasteiger partial charge < -0.3 is 13.6 Å². The number of hydrogen-bond donors (Lipinski definition) is 0. The number of benzene rings is 9. The van der Waals surface area contributed by atoms with Crippen LogP contribution >= 0.6 is 0 Å². The summed E-state index contributed by atoms with van der Waals surface area (Å²) in [6, 6.07) is 61.9. The third-order valence-corrected chi connectivity index (χ3v) is 11.1. The highest BCUT2D eigenvalue weighted by Gasteiger charge is 2.20. The molecule has 0 fully saturated rings. The largest absolute Gasteiger partial charge is 0.456 e. The van der Waals surface area contributed by atoms with Crippen LogP contribution in [-0.4, -0.2) is 9.13 Å². The lowest BCUT2D eigenvalue weighted by atomic mass is 9.94. The number of aromatic nitrogens is 2. The van der Waals surface area contributed by atoms with Crippen molar-refractivity contribution in [2.45, 2.75) is 0 Å². The van der Waals surface area contributed by atoms with Gasteiger partial charge in [-0.15, -0.1) is 0 Å². The molecule has 0 aliphatic carbocycles. The maximum absolute atomic E-state index is 6.38.